The molecular weight excluding hydrogens is 272 g/mol. The Morgan fingerprint density at radius 3 is 2.65 bits per heavy atom. The van der Waals surface area contributed by atoms with Crippen molar-refractivity contribution in [2.75, 3.05) is 26.4 Å². The van der Waals surface area contributed by atoms with E-state index in [2.05, 4.69) is 32.0 Å². The van der Waals surface area contributed by atoms with E-state index in [-0.39, 0.29) is 6.04 Å². The predicted octanol–water partition coefficient (Wildman–Crippen LogP) is 3.47. The second-order valence-electron chi connectivity index (χ2n) is 4.31. The van der Waals surface area contributed by atoms with Gasteiger partial charge in [0.05, 0.1) is 9.59 Å². The molecule has 0 radical (unpaired) electrons. The van der Waals surface area contributed by atoms with Crippen molar-refractivity contribution in [3.05, 3.63) is 21.3 Å². The predicted molar refractivity (Wildman–Crippen MR) is 81.3 cm³/mol. The van der Waals surface area contributed by atoms with E-state index >= 15 is 0 Å². The van der Waals surface area contributed by atoms with Crippen LogP contribution in [0.15, 0.2) is 12.1 Å². The van der Waals surface area contributed by atoms with Crippen LogP contribution in [0.25, 0.3) is 0 Å². The van der Waals surface area contributed by atoms with Crippen LogP contribution in [0.5, 0.6) is 0 Å². The van der Waals surface area contributed by atoms with Gasteiger partial charge in [0.25, 0.3) is 0 Å². The molecule has 2 unspecified atom stereocenters. The van der Waals surface area contributed by atoms with Crippen molar-refractivity contribution >= 4 is 34.7 Å². The Kier molecular flexibility index (Phi) is 6.89. The van der Waals surface area contributed by atoms with Crippen LogP contribution in [-0.4, -0.2) is 37.3 Å². The van der Waals surface area contributed by atoms with E-state index < -0.39 is 0 Å². The molecule has 2 nitrogen and oxygen atoms in total. The Balaban J connectivity index is 2.61. The molecule has 0 aliphatic rings. The fraction of sp³-hybridized carbons (Fsp3) is 0.667. The molecule has 0 spiro atoms. The van der Waals surface area contributed by atoms with E-state index in [9.17, 15) is 0 Å². The molecule has 0 aliphatic carbocycles. The van der Waals surface area contributed by atoms with Gasteiger partial charge in [-0.1, -0.05) is 18.5 Å². The number of thioether (sulfide) groups is 1. The third-order valence-electron chi connectivity index (χ3n) is 2.57. The highest BCUT2D eigenvalue weighted by atomic mass is 35.5. The van der Waals surface area contributed by atoms with Crippen molar-refractivity contribution in [1.82, 2.24) is 4.90 Å². The highest BCUT2D eigenvalue weighted by Crippen LogP contribution is 2.38. The van der Waals surface area contributed by atoms with Crippen LogP contribution in [0.4, 0.5) is 0 Å². The molecule has 2 atom stereocenters. The highest BCUT2D eigenvalue weighted by molar-refractivity contribution is 7.99. The molecule has 0 fully saturated rings. The summed E-state index contributed by atoms with van der Waals surface area (Å²) in [5.74, 6) is 1.10. The Morgan fingerprint density at radius 2 is 2.18 bits per heavy atom. The first kappa shape index (κ1) is 15.3. The smallest absolute Gasteiger partial charge is 0.0931 e. The molecule has 0 saturated heterocycles. The lowest BCUT2D eigenvalue weighted by Crippen LogP contribution is -2.26. The third kappa shape index (κ3) is 5.18. The Bertz CT molecular complexity index is 328. The summed E-state index contributed by atoms with van der Waals surface area (Å²) in [6, 6.07) is 4.27. The van der Waals surface area contributed by atoms with Crippen LogP contribution in [0.1, 0.15) is 23.5 Å². The summed E-state index contributed by atoms with van der Waals surface area (Å²) in [6.07, 6.45) is 0.995. The summed E-state index contributed by atoms with van der Waals surface area (Å²) >= 11 is 9.58. The van der Waals surface area contributed by atoms with Gasteiger partial charge in [0.2, 0.25) is 0 Å². The van der Waals surface area contributed by atoms with E-state index in [1.165, 1.54) is 4.88 Å². The Morgan fingerprint density at radius 1 is 1.47 bits per heavy atom. The van der Waals surface area contributed by atoms with Gasteiger partial charge in [0, 0.05) is 23.2 Å². The van der Waals surface area contributed by atoms with Gasteiger partial charge in [-0.15, -0.1) is 23.1 Å². The SMILES string of the molecule is CCC(N)C(SCCN(C)C)c1ccc(Cl)s1. The maximum absolute atomic E-state index is 6.20. The van der Waals surface area contributed by atoms with E-state index in [1.807, 2.05) is 17.8 Å². The lowest BCUT2D eigenvalue weighted by Gasteiger charge is -2.22. The first-order valence-electron chi connectivity index (χ1n) is 5.81. The Labute approximate surface area is 118 Å². The van der Waals surface area contributed by atoms with Gasteiger partial charge in [0.1, 0.15) is 0 Å². The van der Waals surface area contributed by atoms with Crippen LogP contribution in [0.3, 0.4) is 0 Å². The average molecular weight is 293 g/mol. The number of nitrogens with two attached hydrogens (primary N) is 1. The first-order chi connectivity index (χ1) is 8.04. The van der Waals surface area contributed by atoms with Crippen molar-refractivity contribution in [1.29, 1.82) is 0 Å². The van der Waals surface area contributed by atoms with Crippen molar-refractivity contribution < 1.29 is 0 Å². The fourth-order valence-corrected chi connectivity index (χ4v) is 4.35. The summed E-state index contributed by atoms with van der Waals surface area (Å²) in [5, 5.41) is 0.373. The van der Waals surface area contributed by atoms with E-state index in [1.54, 1.807) is 11.3 Å². The van der Waals surface area contributed by atoms with Gasteiger partial charge < -0.3 is 10.6 Å². The van der Waals surface area contributed by atoms with Crippen molar-refractivity contribution in [3.8, 4) is 0 Å². The third-order valence-corrected chi connectivity index (χ3v) is 5.41. The number of hydrogen-bond acceptors (Lipinski definition) is 4. The molecule has 0 aromatic carbocycles. The summed E-state index contributed by atoms with van der Waals surface area (Å²) in [6.45, 7) is 3.22. The zero-order valence-corrected chi connectivity index (χ0v) is 13.0. The minimum atomic E-state index is 0.205. The summed E-state index contributed by atoms with van der Waals surface area (Å²) < 4.78 is 0.849. The molecule has 1 rings (SSSR count). The average Bonchev–Trinajstić information content (AvgIpc) is 2.69. The molecule has 1 aromatic heterocycles. The van der Waals surface area contributed by atoms with Crippen LogP contribution >= 0.6 is 34.7 Å². The molecule has 17 heavy (non-hydrogen) atoms. The van der Waals surface area contributed by atoms with Crippen molar-refractivity contribution in [2.45, 2.75) is 24.6 Å². The van der Waals surface area contributed by atoms with Crippen LogP contribution in [0, 0.1) is 0 Å². The fourth-order valence-electron chi connectivity index (χ4n) is 1.47. The second kappa shape index (κ2) is 7.64. The molecule has 2 N–H and O–H groups in total. The normalized spacial score (nSPS) is 15.2. The van der Waals surface area contributed by atoms with E-state index in [0.29, 0.717) is 5.25 Å². The van der Waals surface area contributed by atoms with Gasteiger partial charge in [-0.05, 0) is 32.6 Å². The molecular formula is C12H21ClN2S2. The quantitative estimate of drug-likeness (QED) is 0.834. The van der Waals surface area contributed by atoms with E-state index in [4.69, 9.17) is 17.3 Å². The standard InChI is InChI=1S/C12H21ClN2S2/c1-4-9(14)12(16-8-7-15(2)3)10-5-6-11(13)17-10/h5-6,9,12H,4,7-8,14H2,1-3H3. The van der Waals surface area contributed by atoms with Crippen LogP contribution in [0.2, 0.25) is 4.34 Å². The van der Waals surface area contributed by atoms with E-state index in [0.717, 1.165) is 23.1 Å². The lowest BCUT2D eigenvalue weighted by molar-refractivity contribution is 0.437. The molecule has 5 heteroatoms. The molecule has 0 aliphatic heterocycles. The zero-order chi connectivity index (χ0) is 12.8. The van der Waals surface area contributed by atoms with Crippen molar-refractivity contribution in [3.63, 3.8) is 0 Å². The van der Waals surface area contributed by atoms with Gasteiger partial charge in [0.15, 0.2) is 0 Å². The topological polar surface area (TPSA) is 29.3 Å². The largest absolute Gasteiger partial charge is 0.326 e. The van der Waals surface area contributed by atoms with Gasteiger partial charge in [-0.25, -0.2) is 0 Å². The minimum Gasteiger partial charge on any atom is -0.326 e. The van der Waals surface area contributed by atoms with Crippen molar-refractivity contribution in [2.24, 2.45) is 5.73 Å². The lowest BCUT2D eigenvalue weighted by atomic mass is 10.1. The molecule has 0 bridgehead atoms. The number of halogens is 1. The molecule has 98 valence electrons. The number of rotatable bonds is 7. The maximum atomic E-state index is 6.20. The highest BCUT2D eigenvalue weighted by Gasteiger charge is 2.20. The minimum absolute atomic E-state index is 0.205. The zero-order valence-electron chi connectivity index (χ0n) is 10.6. The molecule has 1 heterocycles. The second-order valence-corrected chi connectivity index (χ2v) is 7.30. The van der Waals surface area contributed by atoms with Crippen LogP contribution < -0.4 is 5.73 Å². The number of nitrogens with zero attached hydrogens (tertiary/aromatic N) is 1. The summed E-state index contributed by atoms with van der Waals surface area (Å²) in [5.41, 5.74) is 6.20. The summed E-state index contributed by atoms with van der Waals surface area (Å²) in [4.78, 5) is 3.50. The van der Waals surface area contributed by atoms with Gasteiger partial charge in [-0.2, -0.15) is 0 Å². The first-order valence-corrected chi connectivity index (χ1v) is 8.06. The van der Waals surface area contributed by atoms with Gasteiger partial charge >= 0.3 is 0 Å². The van der Waals surface area contributed by atoms with Crippen LogP contribution in [-0.2, 0) is 0 Å². The molecule has 0 amide bonds. The summed E-state index contributed by atoms with van der Waals surface area (Å²) in [7, 11) is 4.19. The van der Waals surface area contributed by atoms with Gasteiger partial charge in [-0.3, -0.25) is 0 Å². The number of thiophene rings is 1. The maximum Gasteiger partial charge on any atom is 0.0931 e. The monoisotopic (exact) mass is 292 g/mol. The Hall–Kier alpha value is 0.260. The molecule has 1 aromatic rings. The number of hydrogen-bond donors (Lipinski definition) is 1. The molecule has 0 saturated carbocycles.